The van der Waals surface area contributed by atoms with E-state index in [1.807, 2.05) is 6.07 Å². The van der Waals surface area contributed by atoms with E-state index in [0.717, 1.165) is 0 Å². The lowest BCUT2D eigenvalue weighted by Crippen LogP contribution is -2.07. The number of anilines is 1. The molecular weight excluding hydrogens is 241 g/mol. The summed E-state index contributed by atoms with van der Waals surface area (Å²) in [6.07, 6.45) is 2.16. The molecule has 0 atom stereocenters. The van der Waals surface area contributed by atoms with E-state index in [4.69, 9.17) is 11.6 Å². The van der Waals surface area contributed by atoms with Gasteiger partial charge in [0.05, 0.1) is 0 Å². The van der Waals surface area contributed by atoms with Gasteiger partial charge in [-0.3, -0.25) is 0 Å². The average Bonchev–Trinajstić information content (AvgIpc) is 2.32. The Balaban J connectivity index is 1.90. The number of hydrogen-bond acceptors (Lipinski definition) is 3. The van der Waals surface area contributed by atoms with Crippen molar-refractivity contribution in [3.05, 3.63) is 53.2 Å². The van der Waals surface area contributed by atoms with E-state index in [9.17, 15) is 4.39 Å². The Labute approximate surface area is 104 Å². The van der Waals surface area contributed by atoms with Crippen LogP contribution in [-0.4, -0.2) is 16.5 Å². The van der Waals surface area contributed by atoms with Crippen LogP contribution in [0, 0.1) is 5.82 Å². The predicted octanol–water partition coefficient (Wildman–Crippen LogP) is 2.92. The molecule has 0 aliphatic heterocycles. The zero-order chi connectivity index (χ0) is 12.1. The normalized spacial score (nSPS) is 10.2. The van der Waals surface area contributed by atoms with E-state index in [-0.39, 0.29) is 11.1 Å². The van der Waals surface area contributed by atoms with Gasteiger partial charge in [0.25, 0.3) is 0 Å². The number of rotatable bonds is 4. The largest absolute Gasteiger partial charge is 0.370 e. The SMILES string of the molecule is Fc1ccccc1CCNc1ccnc(Cl)n1. The van der Waals surface area contributed by atoms with Crippen molar-refractivity contribution in [1.29, 1.82) is 0 Å². The third-order valence-electron chi connectivity index (χ3n) is 2.28. The molecule has 0 bridgehead atoms. The smallest absolute Gasteiger partial charge is 0.224 e. The van der Waals surface area contributed by atoms with Crippen LogP contribution in [0.4, 0.5) is 10.2 Å². The Morgan fingerprint density at radius 1 is 1.24 bits per heavy atom. The van der Waals surface area contributed by atoms with E-state index < -0.39 is 0 Å². The van der Waals surface area contributed by atoms with Crippen molar-refractivity contribution >= 4 is 17.4 Å². The van der Waals surface area contributed by atoms with Crippen LogP contribution in [0.5, 0.6) is 0 Å². The lowest BCUT2D eigenvalue weighted by molar-refractivity contribution is 0.610. The van der Waals surface area contributed by atoms with Gasteiger partial charge in [-0.1, -0.05) is 18.2 Å². The quantitative estimate of drug-likeness (QED) is 0.849. The summed E-state index contributed by atoms with van der Waals surface area (Å²) >= 11 is 5.64. The summed E-state index contributed by atoms with van der Waals surface area (Å²) in [5.41, 5.74) is 0.681. The first-order valence-corrected chi connectivity index (χ1v) is 5.59. The van der Waals surface area contributed by atoms with Crippen molar-refractivity contribution in [3.63, 3.8) is 0 Å². The molecule has 2 aromatic rings. The second kappa shape index (κ2) is 5.59. The standard InChI is InChI=1S/C12H11ClFN3/c13-12-16-8-6-11(17-12)15-7-5-9-3-1-2-4-10(9)14/h1-4,6,8H,5,7H2,(H,15,16,17). The molecule has 0 radical (unpaired) electrons. The van der Waals surface area contributed by atoms with Gasteiger partial charge in [0.2, 0.25) is 5.28 Å². The van der Waals surface area contributed by atoms with Crippen molar-refractivity contribution < 1.29 is 4.39 Å². The summed E-state index contributed by atoms with van der Waals surface area (Å²) in [5.74, 6) is 0.455. The lowest BCUT2D eigenvalue weighted by atomic mass is 10.1. The molecule has 0 saturated carbocycles. The first-order chi connectivity index (χ1) is 8.25. The lowest BCUT2D eigenvalue weighted by Gasteiger charge is -2.06. The van der Waals surface area contributed by atoms with Gasteiger partial charge in [-0.15, -0.1) is 0 Å². The van der Waals surface area contributed by atoms with Gasteiger partial charge in [-0.05, 0) is 35.7 Å². The van der Waals surface area contributed by atoms with Crippen molar-refractivity contribution in [2.24, 2.45) is 0 Å². The Kier molecular flexibility index (Phi) is 3.88. The van der Waals surface area contributed by atoms with Gasteiger partial charge in [0.1, 0.15) is 11.6 Å². The van der Waals surface area contributed by atoms with Gasteiger partial charge < -0.3 is 5.32 Å². The minimum absolute atomic E-state index is 0.185. The molecule has 88 valence electrons. The first kappa shape index (κ1) is 11.8. The molecular formula is C12H11ClFN3. The maximum Gasteiger partial charge on any atom is 0.224 e. The highest BCUT2D eigenvalue weighted by Gasteiger charge is 2.00. The Morgan fingerprint density at radius 2 is 2.06 bits per heavy atom. The van der Waals surface area contributed by atoms with Gasteiger partial charge >= 0.3 is 0 Å². The minimum atomic E-state index is -0.185. The maximum atomic E-state index is 13.3. The number of nitrogens with zero attached hydrogens (tertiary/aromatic N) is 2. The van der Waals surface area contributed by atoms with E-state index in [1.54, 1.807) is 24.4 Å². The molecule has 0 aliphatic rings. The number of benzene rings is 1. The topological polar surface area (TPSA) is 37.8 Å². The summed E-state index contributed by atoms with van der Waals surface area (Å²) in [6, 6.07) is 8.44. The third-order valence-corrected chi connectivity index (χ3v) is 2.47. The number of halogens is 2. The van der Waals surface area contributed by atoms with Crippen LogP contribution >= 0.6 is 11.6 Å². The first-order valence-electron chi connectivity index (χ1n) is 5.21. The zero-order valence-electron chi connectivity index (χ0n) is 9.03. The van der Waals surface area contributed by atoms with Gasteiger partial charge in [0.15, 0.2) is 0 Å². The molecule has 5 heteroatoms. The van der Waals surface area contributed by atoms with E-state index in [1.165, 1.54) is 6.07 Å². The number of nitrogens with one attached hydrogen (secondary N) is 1. The summed E-state index contributed by atoms with van der Waals surface area (Å²) in [7, 11) is 0. The highest BCUT2D eigenvalue weighted by Crippen LogP contribution is 2.09. The molecule has 3 nitrogen and oxygen atoms in total. The molecule has 0 spiro atoms. The average molecular weight is 252 g/mol. The van der Waals surface area contributed by atoms with E-state index >= 15 is 0 Å². The van der Waals surface area contributed by atoms with E-state index in [0.29, 0.717) is 24.3 Å². The second-order valence-corrected chi connectivity index (χ2v) is 3.82. The molecule has 0 unspecified atom stereocenters. The molecule has 1 N–H and O–H groups in total. The number of hydrogen-bond donors (Lipinski definition) is 1. The van der Waals surface area contributed by atoms with Crippen LogP contribution < -0.4 is 5.32 Å². The molecule has 0 amide bonds. The molecule has 1 aromatic carbocycles. The van der Waals surface area contributed by atoms with Crippen LogP contribution in [0.15, 0.2) is 36.5 Å². The summed E-state index contributed by atoms with van der Waals surface area (Å²) < 4.78 is 13.3. The Hall–Kier alpha value is -1.68. The Morgan fingerprint density at radius 3 is 2.82 bits per heavy atom. The highest BCUT2D eigenvalue weighted by atomic mass is 35.5. The summed E-state index contributed by atoms with van der Waals surface area (Å²) in [4.78, 5) is 7.75. The van der Waals surface area contributed by atoms with Crippen molar-refractivity contribution in [1.82, 2.24) is 9.97 Å². The third kappa shape index (κ3) is 3.39. The van der Waals surface area contributed by atoms with Crippen LogP contribution in [0.25, 0.3) is 0 Å². The summed E-state index contributed by atoms with van der Waals surface area (Å²) in [6.45, 7) is 0.592. The molecule has 1 heterocycles. The fourth-order valence-electron chi connectivity index (χ4n) is 1.46. The molecule has 17 heavy (non-hydrogen) atoms. The van der Waals surface area contributed by atoms with Crippen molar-refractivity contribution in [3.8, 4) is 0 Å². The zero-order valence-corrected chi connectivity index (χ0v) is 9.78. The second-order valence-electron chi connectivity index (χ2n) is 3.48. The minimum Gasteiger partial charge on any atom is -0.370 e. The van der Waals surface area contributed by atoms with E-state index in [2.05, 4.69) is 15.3 Å². The maximum absolute atomic E-state index is 13.3. The van der Waals surface area contributed by atoms with Crippen LogP contribution in [0.2, 0.25) is 5.28 Å². The molecule has 2 rings (SSSR count). The molecule has 0 saturated heterocycles. The number of aromatic nitrogens is 2. The van der Waals surface area contributed by atoms with Crippen molar-refractivity contribution in [2.45, 2.75) is 6.42 Å². The van der Waals surface area contributed by atoms with Crippen LogP contribution in [-0.2, 0) is 6.42 Å². The molecule has 1 aromatic heterocycles. The van der Waals surface area contributed by atoms with Gasteiger partial charge in [-0.2, -0.15) is 0 Å². The predicted molar refractivity (Wildman–Crippen MR) is 65.6 cm³/mol. The monoisotopic (exact) mass is 251 g/mol. The fourth-order valence-corrected chi connectivity index (χ4v) is 1.61. The van der Waals surface area contributed by atoms with Crippen LogP contribution in [0.3, 0.4) is 0 Å². The molecule has 0 aliphatic carbocycles. The highest BCUT2D eigenvalue weighted by molar-refractivity contribution is 6.28. The molecule has 0 fully saturated rings. The summed E-state index contributed by atoms with van der Waals surface area (Å²) in [5, 5.41) is 3.25. The van der Waals surface area contributed by atoms with Crippen LogP contribution in [0.1, 0.15) is 5.56 Å². The van der Waals surface area contributed by atoms with Gasteiger partial charge in [0, 0.05) is 12.7 Å². The van der Waals surface area contributed by atoms with Gasteiger partial charge in [-0.25, -0.2) is 14.4 Å². The fraction of sp³-hybridized carbons (Fsp3) is 0.167. The Bertz CT molecular complexity index is 505. The van der Waals surface area contributed by atoms with Crippen molar-refractivity contribution in [2.75, 3.05) is 11.9 Å².